The Hall–Kier alpha value is -3.93. The molecule has 0 aromatic heterocycles. The molecular formula is C29H31F4N3O4S. The van der Waals surface area contributed by atoms with Crippen LogP contribution in [-0.2, 0) is 38.8 Å². The summed E-state index contributed by atoms with van der Waals surface area (Å²) in [6, 6.07) is 16.8. The number of carbonyl (C=O) groups excluding carboxylic acids is 2. The summed E-state index contributed by atoms with van der Waals surface area (Å²) in [4.78, 5) is 28.3. The zero-order chi connectivity index (χ0) is 30.2. The number of rotatable bonds is 12. The van der Waals surface area contributed by atoms with Crippen LogP contribution < -0.4 is 9.62 Å². The Labute approximate surface area is 236 Å². The number of halogens is 4. The summed E-state index contributed by atoms with van der Waals surface area (Å²) in [5, 5.41) is 2.74. The summed E-state index contributed by atoms with van der Waals surface area (Å²) < 4.78 is 80.9. The quantitative estimate of drug-likeness (QED) is 0.307. The molecule has 0 saturated heterocycles. The molecule has 220 valence electrons. The van der Waals surface area contributed by atoms with Crippen LogP contribution in [0.4, 0.5) is 23.2 Å². The molecule has 3 rings (SSSR count). The van der Waals surface area contributed by atoms with Crippen LogP contribution in [0.1, 0.15) is 30.0 Å². The van der Waals surface area contributed by atoms with E-state index in [1.54, 1.807) is 36.4 Å². The zero-order valence-electron chi connectivity index (χ0n) is 22.6. The average Bonchev–Trinajstić information content (AvgIpc) is 2.92. The summed E-state index contributed by atoms with van der Waals surface area (Å²) in [6.07, 6.45) is -3.36. The third-order valence-electron chi connectivity index (χ3n) is 6.26. The van der Waals surface area contributed by atoms with Gasteiger partial charge >= 0.3 is 6.18 Å². The summed E-state index contributed by atoms with van der Waals surface area (Å²) in [6.45, 7) is 0.836. The molecule has 0 fully saturated rings. The lowest BCUT2D eigenvalue weighted by Crippen LogP contribution is -2.53. The number of hydrogen-bond acceptors (Lipinski definition) is 4. The molecule has 0 spiro atoms. The minimum Gasteiger partial charge on any atom is -0.354 e. The van der Waals surface area contributed by atoms with Crippen molar-refractivity contribution in [3.63, 3.8) is 0 Å². The second kappa shape index (κ2) is 13.6. The fraction of sp³-hybridized carbons (Fsp3) is 0.310. The summed E-state index contributed by atoms with van der Waals surface area (Å²) >= 11 is 0. The van der Waals surface area contributed by atoms with Gasteiger partial charge in [0.05, 0.1) is 17.5 Å². The van der Waals surface area contributed by atoms with Crippen LogP contribution in [0.2, 0.25) is 0 Å². The van der Waals surface area contributed by atoms with Crippen molar-refractivity contribution in [1.29, 1.82) is 0 Å². The maximum Gasteiger partial charge on any atom is 0.416 e. The van der Waals surface area contributed by atoms with Crippen LogP contribution in [0.3, 0.4) is 0 Å². The Kier molecular flexibility index (Phi) is 10.5. The Bertz CT molecular complexity index is 1450. The Morgan fingerprint density at radius 1 is 0.951 bits per heavy atom. The van der Waals surface area contributed by atoms with Crippen molar-refractivity contribution in [3.8, 4) is 0 Å². The van der Waals surface area contributed by atoms with E-state index in [2.05, 4.69) is 5.32 Å². The summed E-state index contributed by atoms with van der Waals surface area (Å²) in [5.74, 6) is -2.08. The molecule has 12 heteroatoms. The fourth-order valence-electron chi connectivity index (χ4n) is 4.18. The minimum atomic E-state index is -4.75. The number of hydrogen-bond donors (Lipinski definition) is 1. The molecule has 0 unspecified atom stereocenters. The highest BCUT2D eigenvalue weighted by Gasteiger charge is 2.35. The van der Waals surface area contributed by atoms with Crippen LogP contribution in [0.25, 0.3) is 0 Å². The summed E-state index contributed by atoms with van der Waals surface area (Å²) in [5.41, 5.74) is -0.711. The van der Waals surface area contributed by atoms with Crippen molar-refractivity contribution in [2.24, 2.45) is 0 Å². The van der Waals surface area contributed by atoms with E-state index in [1.807, 2.05) is 6.92 Å². The molecule has 0 radical (unpaired) electrons. The van der Waals surface area contributed by atoms with Gasteiger partial charge in [0, 0.05) is 25.1 Å². The van der Waals surface area contributed by atoms with Crippen LogP contribution in [0.15, 0.2) is 78.9 Å². The first-order chi connectivity index (χ1) is 19.3. The lowest BCUT2D eigenvalue weighted by Gasteiger charge is -2.33. The van der Waals surface area contributed by atoms with Crippen molar-refractivity contribution < 1.29 is 35.6 Å². The monoisotopic (exact) mass is 593 g/mol. The van der Waals surface area contributed by atoms with Crippen molar-refractivity contribution in [2.45, 2.75) is 38.5 Å². The third-order valence-corrected chi connectivity index (χ3v) is 7.40. The highest BCUT2D eigenvalue weighted by molar-refractivity contribution is 7.92. The van der Waals surface area contributed by atoms with Gasteiger partial charge < -0.3 is 10.2 Å². The van der Waals surface area contributed by atoms with Gasteiger partial charge in [-0.05, 0) is 36.2 Å². The fourth-order valence-corrected chi connectivity index (χ4v) is 5.02. The molecule has 1 N–H and O–H groups in total. The number of carbonyl (C=O) groups is 2. The highest BCUT2D eigenvalue weighted by atomic mass is 32.2. The van der Waals surface area contributed by atoms with E-state index in [-0.39, 0.29) is 24.2 Å². The van der Waals surface area contributed by atoms with E-state index in [0.717, 1.165) is 29.4 Å². The molecule has 0 saturated carbocycles. The van der Waals surface area contributed by atoms with Gasteiger partial charge in [0.2, 0.25) is 21.8 Å². The van der Waals surface area contributed by atoms with E-state index in [9.17, 15) is 35.6 Å². The largest absolute Gasteiger partial charge is 0.416 e. The lowest BCUT2D eigenvalue weighted by atomic mass is 10.0. The predicted molar refractivity (Wildman–Crippen MR) is 148 cm³/mol. The van der Waals surface area contributed by atoms with Crippen LogP contribution in [0.5, 0.6) is 0 Å². The normalized spacial score (nSPS) is 12.4. The Morgan fingerprint density at radius 2 is 1.61 bits per heavy atom. The van der Waals surface area contributed by atoms with Gasteiger partial charge in [-0.3, -0.25) is 13.9 Å². The smallest absolute Gasteiger partial charge is 0.354 e. The molecule has 0 aliphatic heterocycles. The number of alkyl halides is 3. The molecule has 3 aromatic rings. The number of amides is 2. The summed E-state index contributed by atoms with van der Waals surface area (Å²) in [7, 11) is -4.26. The minimum absolute atomic E-state index is 0.0268. The third kappa shape index (κ3) is 8.78. The van der Waals surface area contributed by atoms with Gasteiger partial charge in [-0.2, -0.15) is 13.2 Å². The molecule has 41 heavy (non-hydrogen) atoms. The van der Waals surface area contributed by atoms with Crippen LogP contribution >= 0.6 is 0 Å². The predicted octanol–water partition coefficient (Wildman–Crippen LogP) is 4.78. The number of nitrogens with zero attached hydrogens (tertiary/aromatic N) is 2. The maximum atomic E-state index is 14.7. The van der Waals surface area contributed by atoms with Gasteiger partial charge in [0.25, 0.3) is 0 Å². The molecular weight excluding hydrogens is 562 g/mol. The Morgan fingerprint density at radius 3 is 2.22 bits per heavy atom. The first-order valence-electron chi connectivity index (χ1n) is 12.8. The molecule has 0 aliphatic rings. The SMILES string of the molecule is CCCNC(=O)[C@@H](Cc1ccccc1)N(Cc1ccccc1F)C(=O)CN(c1cccc(C(F)(F)F)c1)S(C)(=O)=O. The van der Waals surface area contributed by atoms with Gasteiger partial charge in [-0.15, -0.1) is 0 Å². The van der Waals surface area contributed by atoms with Gasteiger partial charge in [-0.1, -0.05) is 61.5 Å². The number of anilines is 1. The van der Waals surface area contributed by atoms with Crippen molar-refractivity contribution in [3.05, 3.63) is 101 Å². The number of nitrogens with one attached hydrogen (secondary N) is 1. The van der Waals surface area contributed by atoms with E-state index in [1.165, 1.54) is 18.2 Å². The van der Waals surface area contributed by atoms with Crippen molar-refractivity contribution in [1.82, 2.24) is 10.2 Å². The van der Waals surface area contributed by atoms with E-state index in [0.29, 0.717) is 28.9 Å². The van der Waals surface area contributed by atoms with E-state index < -0.39 is 52.0 Å². The zero-order valence-corrected chi connectivity index (χ0v) is 23.4. The second-order valence-corrected chi connectivity index (χ2v) is 11.3. The molecule has 2 amide bonds. The van der Waals surface area contributed by atoms with Crippen LogP contribution in [0, 0.1) is 5.82 Å². The standard InChI is InChI=1S/C29H31F4N3O4S/c1-3-16-34-28(38)26(17-21-10-5-4-6-11-21)35(19-22-12-7-8-15-25(22)30)27(37)20-36(41(2,39)40)24-14-9-13-23(18-24)29(31,32)33/h4-15,18,26H,3,16-17,19-20H2,1-2H3,(H,34,38)/t26-/m1/s1. The van der Waals surface area contributed by atoms with E-state index >= 15 is 0 Å². The van der Waals surface area contributed by atoms with Crippen molar-refractivity contribution >= 4 is 27.5 Å². The van der Waals surface area contributed by atoms with Crippen LogP contribution in [-0.4, -0.2) is 50.5 Å². The van der Waals surface area contributed by atoms with Crippen molar-refractivity contribution in [2.75, 3.05) is 23.7 Å². The first-order valence-corrected chi connectivity index (χ1v) is 14.7. The number of sulfonamides is 1. The molecule has 7 nitrogen and oxygen atoms in total. The molecule has 0 bridgehead atoms. The highest BCUT2D eigenvalue weighted by Crippen LogP contribution is 2.32. The topological polar surface area (TPSA) is 86.8 Å². The first kappa shape index (κ1) is 31.6. The molecule has 0 aliphatic carbocycles. The second-order valence-electron chi connectivity index (χ2n) is 9.43. The van der Waals surface area contributed by atoms with Gasteiger partial charge in [0.1, 0.15) is 18.4 Å². The molecule has 3 aromatic carbocycles. The average molecular weight is 594 g/mol. The lowest BCUT2D eigenvalue weighted by molar-refractivity contribution is -0.140. The molecule has 1 atom stereocenters. The van der Waals surface area contributed by atoms with Gasteiger partial charge in [-0.25, -0.2) is 12.8 Å². The maximum absolute atomic E-state index is 14.7. The number of benzene rings is 3. The van der Waals surface area contributed by atoms with E-state index in [4.69, 9.17) is 0 Å². The Balaban J connectivity index is 2.08. The molecule has 0 heterocycles. The van der Waals surface area contributed by atoms with Gasteiger partial charge in [0.15, 0.2) is 0 Å².